The first-order chi connectivity index (χ1) is 15.6. The first-order valence-corrected chi connectivity index (χ1v) is 12.1. The van der Waals surface area contributed by atoms with Crippen molar-refractivity contribution in [3.05, 3.63) is 59.2 Å². The van der Waals surface area contributed by atoms with Crippen LogP contribution in [0.3, 0.4) is 0 Å². The molecule has 0 aliphatic rings. The van der Waals surface area contributed by atoms with Crippen LogP contribution >= 0.6 is 0 Å². The number of methoxy groups -OCH3 is 1. The lowest BCUT2D eigenvalue weighted by Gasteiger charge is -2.21. The Hall–Kier alpha value is -2.95. The number of hydrogen-bond donors (Lipinski definition) is 5. The van der Waals surface area contributed by atoms with Gasteiger partial charge in [-0.15, -0.1) is 0 Å². The van der Waals surface area contributed by atoms with E-state index in [1.54, 1.807) is 0 Å². The summed E-state index contributed by atoms with van der Waals surface area (Å²) in [7, 11) is -2.64. The highest BCUT2D eigenvalue weighted by Gasteiger charge is 2.31. The number of benzene rings is 2. The minimum atomic E-state index is -4.15. The molecule has 2 aromatic rings. The molecule has 0 saturated heterocycles. The fraction of sp³-hybridized carbons (Fsp3) is 0.391. The minimum absolute atomic E-state index is 0.0653. The molecule has 0 aliphatic carbocycles. The van der Waals surface area contributed by atoms with Crippen LogP contribution in [0.5, 0.6) is 5.75 Å². The Morgan fingerprint density at radius 3 is 2.42 bits per heavy atom. The summed E-state index contributed by atoms with van der Waals surface area (Å²) in [6.07, 6.45) is 0.0653. The summed E-state index contributed by atoms with van der Waals surface area (Å²) < 4.78 is 31.9. The molecular weight excluding hydrogens is 444 g/mol. The number of ether oxygens (including phenoxy) is 1. The van der Waals surface area contributed by atoms with Crippen molar-refractivity contribution in [1.29, 1.82) is 5.41 Å². The van der Waals surface area contributed by atoms with Crippen LogP contribution in [0.1, 0.15) is 36.5 Å². The minimum Gasteiger partial charge on any atom is -0.507 e. The van der Waals surface area contributed by atoms with Gasteiger partial charge in [0.25, 0.3) is 0 Å². The number of carbonyl (C=O) groups is 1. The second-order valence-electron chi connectivity index (χ2n) is 7.95. The van der Waals surface area contributed by atoms with Crippen LogP contribution in [0.25, 0.3) is 0 Å². The number of hydrogen-bond acceptors (Lipinski definition) is 7. The monoisotopic (exact) mass is 476 g/mol. The number of nitrogens with one attached hydrogen (secondary N) is 3. The molecule has 0 aliphatic heterocycles. The molecule has 6 N–H and O–H groups in total. The highest BCUT2D eigenvalue weighted by Crippen LogP contribution is 2.28. The topological polar surface area (TPSA) is 155 Å². The maximum absolute atomic E-state index is 13.5. The summed E-state index contributed by atoms with van der Waals surface area (Å²) in [6.45, 7) is 4.52. The smallest absolute Gasteiger partial charge is 0.234 e. The van der Waals surface area contributed by atoms with Gasteiger partial charge in [0, 0.05) is 25.6 Å². The first kappa shape index (κ1) is 26.3. The van der Waals surface area contributed by atoms with E-state index in [9.17, 15) is 18.3 Å². The predicted octanol–water partition coefficient (Wildman–Crippen LogP) is 1.49. The van der Waals surface area contributed by atoms with Gasteiger partial charge in [-0.2, -0.15) is 0 Å². The Balaban J connectivity index is 2.35. The van der Waals surface area contributed by atoms with Crippen molar-refractivity contribution in [2.75, 3.05) is 26.8 Å². The van der Waals surface area contributed by atoms with E-state index < -0.39 is 21.0 Å². The molecule has 0 spiro atoms. The number of phenols is 1. The van der Waals surface area contributed by atoms with Gasteiger partial charge in [0.15, 0.2) is 9.84 Å². The average molecular weight is 477 g/mol. The molecule has 0 radical (unpaired) electrons. The van der Waals surface area contributed by atoms with E-state index in [2.05, 4.69) is 24.5 Å². The van der Waals surface area contributed by atoms with Crippen molar-refractivity contribution in [1.82, 2.24) is 10.6 Å². The third-order valence-corrected chi connectivity index (χ3v) is 7.16. The Kier molecular flexibility index (Phi) is 9.39. The van der Waals surface area contributed by atoms with Crippen molar-refractivity contribution >= 4 is 21.6 Å². The lowest BCUT2D eigenvalue weighted by atomic mass is 10.0. The fourth-order valence-electron chi connectivity index (χ4n) is 3.17. The number of nitrogens with two attached hydrogens (primary N) is 1. The third-order valence-electron chi connectivity index (χ3n) is 5.14. The largest absolute Gasteiger partial charge is 0.507 e. The van der Waals surface area contributed by atoms with Crippen molar-refractivity contribution in [3.8, 4) is 5.75 Å². The average Bonchev–Trinajstić information content (AvgIpc) is 2.77. The standard InChI is InChI=1S/C23H32N4O5S/c1-15(2)17-6-4-16(5-7-17)12-22(27-14-21(29)26-10-11-32-3)33(30,31)20-13-18(23(24)25)8-9-19(20)28/h4-9,13,15,22,27-28H,10-12,14H2,1-3H3,(H3,24,25)(H,26,29). The second-order valence-corrected chi connectivity index (χ2v) is 10.1. The number of aromatic hydroxyl groups is 1. The van der Waals surface area contributed by atoms with Crippen LogP contribution in [0.15, 0.2) is 47.4 Å². The van der Waals surface area contributed by atoms with E-state index in [0.29, 0.717) is 19.1 Å². The summed E-state index contributed by atoms with van der Waals surface area (Å²) in [4.78, 5) is 11.8. The zero-order valence-corrected chi connectivity index (χ0v) is 19.9. The normalized spacial score (nSPS) is 12.5. The van der Waals surface area contributed by atoms with Gasteiger partial charge in [-0.05, 0) is 35.2 Å². The fourth-order valence-corrected chi connectivity index (χ4v) is 4.84. The Morgan fingerprint density at radius 1 is 1.18 bits per heavy atom. The van der Waals surface area contributed by atoms with Gasteiger partial charge in [0.1, 0.15) is 21.9 Å². The molecule has 0 heterocycles. The van der Waals surface area contributed by atoms with Crippen molar-refractivity contribution in [3.63, 3.8) is 0 Å². The molecule has 1 amide bonds. The molecule has 0 aromatic heterocycles. The molecule has 2 rings (SSSR count). The van der Waals surface area contributed by atoms with Crippen molar-refractivity contribution in [2.24, 2.45) is 5.73 Å². The quantitative estimate of drug-likeness (QED) is 0.177. The summed E-state index contributed by atoms with van der Waals surface area (Å²) in [5.41, 5.74) is 7.54. The van der Waals surface area contributed by atoms with Crippen LogP contribution in [0, 0.1) is 5.41 Å². The van der Waals surface area contributed by atoms with Gasteiger partial charge < -0.3 is 20.9 Å². The van der Waals surface area contributed by atoms with Gasteiger partial charge in [-0.25, -0.2) is 8.42 Å². The number of rotatable bonds is 12. The summed E-state index contributed by atoms with van der Waals surface area (Å²) in [6, 6.07) is 11.3. The maximum Gasteiger partial charge on any atom is 0.234 e. The molecule has 0 bridgehead atoms. The Labute approximate surface area is 194 Å². The van der Waals surface area contributed by atoms with Crippen LogP contribution < -0.4 is 16.4 Å². The van der Waals surface area contributed by atoms with Gasteiger partial charge in [-0.1, -0.05) is 38.1 Å². The number of sulfone groups is 1. The number of carbonyl (C=O) groups excluding carboxylic acids is 1. The number of nitrogen functional groups attached to an aromatic ring is 1. The van der Waals surface area contributed by atoms with Gasteiger partial charge >= 0.3 is 0 Å². The van der Waals surface area contributed by atoms with E-state index in [1.807, 2.05) is 24.3 Å². The molecule has 1 unspecified atom stereocenters. The SMILES string of the molecule is COCCNC(=O)CNC(Cc1ccc(C(C)C)cc1)S(=O)(=O)c1cc(C(=N)N)ccc1O. The Morgan fingerprint density at radius 2 is 1.85 bits per heavy atom. The molecule has 1 atom stereocenters. The Bertz CT molecular complexity index is 1070. The zero-order valence-electron chi connectivity index (χ0n) is 19.1. The lowest BCUT2D eigenvalue weighted by Crippen LogP contribution is -2.44. The van der Waals surface area contributed by atoms with Gasteiger partial charge in [0.2, 0.25) is 5.91 Å². The summed E-state index contributed by atoms with van der Waals surface area (Å²) in [5, 5.41) is 22.1. The van der Waals surface area contributed by atoms with Crippen LogP contribution in [0.2, 0.25) is 0 Å². The molecular formula is C23H32N4O5S. The summed E-state index contributed by atoms with van der Waals surface area (Å²) >= 11 is 0. The number of amidine groups is 1. The van der Waals surface area contributed by atoms with E-state index in [-0.39, 0.29) is 35.2 Å². The molecule has 0 saturated carbocycles. The molecule has 2 aromatic carbocycles. The number of phenolic OH excluding ortho intramolecular Hbond substituents is 1. The molecule has 33 heavy (non-hydrogen) atoms. The highest BCUT2D eigenvalue weighted by molar-refractivity contribution is 7.92. The van der Waals surface area contributed by atoms with E-state index in [1.165, 1.54) is 25.3 Å². The predicted molar refractivity (Wildman–Crippen MR) is 127 cm³/mol. The number of amides is 1. The molecule has 10 heteroatoms. The van der Waals surface area contributed by atoms with E-state index in [0.717, 1.165) is 11.1 Å². The van der Waals surface area contributed by atoms with E-state index >= 15 is 0 Å². The second kappa shape index (κ2) is 11.8. The zero-order chi connectivity index (χ0) is 24.6. The molecule has 0 fully saturated rings. The first-order valence-electron chi connectivity index (χ1n) is 10.6. The maximum atomic E-state index is 13.5. The molecule has 180 valence electrons. The third kappa shape index (κ3) is 7.28. The highest BCUT2D eigenvalue weighted by atomic mass is 32.2. The van der Waals surface area contributed by atoms with Gasteiger partial charge in [-0.3, -0.25) is 15.5 Å². The van der Waals surface area contributed by atoms with Crippen molar-refractivity contribution in [2.45, 2.75) is 36.5 Å². The summed E-state index contributed by atoms with van der Waals surface area (Å²) in [5.74, 6) is -0.827. The molecule has 9 nitrogen and oxygen atoms in total. The van der Waals surface area contributed by atoms with Crippen LogP contribution in [-0.4, -0.2) is 57.4 Å². The lowest BCUT2D eigenvalue weighted by molar-refractivity contribution is -0.120. The van der Waals surface area contributed by atoms with Crippen molar-refractivity contribution < 1.29 is 23.1 Å². The van der Waals surface area contributed by atoms with Gasteiger partial charge in [0.05, 0.1) is 13.2 Å². The van der Waals surface area contributed by atoms with Crippen LogP contribution in [0.4, 0.5) is 0 Å². The van der Waals surface area contributed by atoms with E-state index in [4.69, 9.17) is 15.9 Å². The van der Waals surface area contributed by atoms with Crippen LogP contribution in [-0.2, 0) is 25.8 Å².